The highest BCUT2D eigenvalue weighted by Gasteiger charge is 2.27. The number of benzene rings is 1. The van der Waals surface area contributed by atoms with Crippen molar-refractivity contribution in [2.45, 2.75) is 25.5 Å². The van der Waals surface area contributed by atoms with E-state index in [2.05, 4.69) is 10.6 Å². The van der Waals surface area contributed by atoms with Gasteiger partial charge >= 0.3 is 0 Å². The highest BCUT2D eigenvalue weighted by Crippen LogP contribution is 2.21. The minimum Gasteiger partial charge on any atom is -0.383 e. The van der Waals surface area contributed by atoms with Gasteiger partial charge in [-0.25, -0.2) is 8.42 Å². The van der Waals surface area contributed by atoms with Gasteiger partial charge in [0.1, 0.15) is 5.25 Å². The molecule has 1 unspecified atom stereocenters. The third-order valence-corrected chi connectivity index (χ3v) is 6.05. The van der Waals surface area contributed by atoms with Crippen LogP contribution >= 0.6 is 11.6 Å². The lowest BCUT2D eigenvalue weighted by Gasteiger charge is -2.13. The highest BCUT2D eigenvalue weighted by molar-refractivity contribution is 7.92. The number of halogens is 1. The smallest absolute Gasteiger partial charge is 0.252 e. The zero-order valence-electron chi connectivity index (χ0n) is 14.5. The Bertz CT molecular complexity index is 721. The minimum atomic E-state index is -3.50. The number of carbonyl (C=O) groups excluding carboxylic acids is 2. The van der Waals surface area contributed by atoms with E-state index in [1.54, 1.807) is 6.92 Å². The molecule has 0 radical (unpaired) electrons. The van der Waals surface area contributed by atoms with Crippen LogP contribution in [0.3, 0.4) is 0 Å². The Balaban J connectivity index is 2.80. The molecule has 1 aromatic carbocycles. The molecule has 0 saturated carbocycles. The van der Waals surface area contributed by atoms with Crippen LogP contribution in [0.25, 0.3) is 0 Å². The molecule has 0 saturated heterocycles. The van der Waals surface area contributed by atoms with Gasteiger partial charge in [-0.15, -0.1) is 0 Å². The van der Waals surface area contributed by atoms with Crippen molar-refractivity contribution in [3.8, 4) is 0 Å². The summed E-state index contributed by atoms with van der Waals surface area (Å²) in [4.78, 5) is 24.1. The number of hydrogen-bond acceptors (Lipinski definition) is 5. The second-order valence-electron chi connectivity index (χ2n) is 5.44. The molecule has 1 rings (SSSR count). The first-order valence-corrected chi connectivity index (χ1v) is 9.91. The summed E-state index contributed by atoms with van der Waals surface area (Å²) in [6, 6.07) is 4.36. The van der Waals surface area contributed by atoms with Crippen LogP contribution in [0, 0.1) is 0 Å². The average molecular weight is 391 g/mol. The summed E-state index contributed by atoms with van der Waals surface area (Å²) in [5, 5.41) is 4.14. The number of hydrogen-bond donors (Lipinski definition) is 2. The molecular formula is C16H23ClN2O5S. The monoisotopic (exact) mass is 390 g/mol. The van der Waals surface area contributed by atoms with Crippen LogP contribution in [-0.2, 0) is 19.4 Å². The summed E-state index contributed by atoms with van der Waals surface area (Å²) in [6.07, 6.45) is 0.443. The lowest BCUT2D eigenvalue weighted by Crippen LogP contribution is -2.34. The van der Waals surface area contributed by atoms with Crippen LogP contribution in [0.2, 0.25) is 5.02 Å². The van der Waals surface area contributed by atoms with Gasteiger partial charge in [0.2, 0.25) is 5.91 Å². The number of amides is 2. The Kier molecular flexibility index (Phi) is 8.34. The standard InChI is InChI=1S/C16H23ClN2O5S/c1-4-9-25(22,23)11(2)15(20)19-12-5-6-13(14(17)10-12)16(21)18-7-8-24-3/h5-6,10-11H,4,7-9H2,1-3H3,(H,18,21)(H,19,20). The second kappa shape index (κ2) is 9.74. The molecule has 0 fully saturated rings. The third kappa shape index (κ3) is 6.30. The molecule has 0 aliphatic carbocycles. The van der Waals surface area contributed by atoms with E-state index in [0.29, 0.717) is 25.3 Å². The molecule has 0 aliphatic heterocycles. The molecule has 0 bridgehead atoms. The van der Waals surface area contributed by atoms with E-state index >= 15 is 0 Å². The zero-order valence-corrected chi connectivity index (χ0v) is 16.0. The lowest BCUT2D eigenvalue weighted by molar-refractivity contribution is -0.115. The highest BCUT2D eigenvalue weighted by atomic mass is 35.5. The van der Waals surface area contributed by atoms with Crippen molar-refractivity contribution >= 4 is 38.9 Å². The predicted molar refractivity (Wildman–Crippen MR) is 97.8 cm³/mol. The van der Waals surface area contributed by atoms with E-state index in [-0.39, 0.29) is 22.2 Å². The van der Waals surface area contributed by atoms with Gasteiger partial charge in [-0.3, -0.25) is 9.59 Å². The van der Waals surface area contributed by atoms with Gasteiger partial charge in [0.25, 0.3) is 5.91 Å². The predicted octanol–water partition coefficient (Wildman–Crippen LogP) is 1.87. The van der Waals surface area contributed by atoms with E-state index < -0.39 is 21.0 Å². The van der Waals surface area contributed by atoms with Gasteiger partial charge in [0.05, 0.1) is 22.9 Å². The molecule has 0 aliphatic rings. The molecule has 7 nitrogen and oxygen atoms in total. The van der Waals surface area contributed by atoms with Crippen LogP contribution in [0.4, 0.5) is 5.69 Å². The number of ether oxygens (including phenoxy) is 1. The maximum Gasteiger partial charge on any atom is 0.252 e. The fraction of sp³-hybridized carbons (Fsp3) is 0.500. The van der Waals surface area contributed by atoms with Gasteiger partial charge in [-0.1, -0.05) is 18.5 Å². The van der Waals surface area contributed by atoms with Crippen LogP contribution in [0.1, 0.15) is 30.6 Å². The molecule has 1 atom stereocenters. The third-order valence-electron chi connectivity index (χ3n) is 3.47. The quantitative estimate of drug-likeness (QED) is 0.627. The molecular weight excluding hydrogens is 368 g/mol. The van der Waals surface area contributed by atoms with Gasteiger partial charge < -0.3 is 15.4 Å². The van der Waals surface area contributed by atoms with Crippen molar-refractivity contribution in [1.29, 1.82) is 0 Å². The first-order valence-electron chi connectivity index (χ1n) is 7.82. The van der Waals surface area contributed by atoms with Gasteiger partial charge in [-0.2, -0.15) is 0 Å². The summed E-state index contributed by atoms with van der Waals surface area (Å²) in [6.45, 7) is 3.80. The zero-order chi connectivity index (χ0) is 19.0. The molecule has 25 heavy (non-hydrogen) atoms. The van der Waals surface area contributed by atoms with Crippen molar-refractivity contribution in [2.75, 3.05) is 31.3 Å². The average Bonchev–Trinajstić information content (AvgIpc) is 2.54. The first-order chi connectivity index (χ1) is 11.7. The lowest BCUT2D eigenvalue weighted by atomic mass is 10.2. The van der Waals surface area contributed by atoms with E-state index in [0.717, 1.165) is 0 Å². The molecule has 140 valence electrons. The van der Waals surface area contributed by atoms with Crippen molar-refractivity contribution in [2.24, 2.45) is 0 Å². The number of methoxy groups -OCH3 is 1. The van der Waals surface area contributed by atoms with Gasteiger partial charge in [0.15, 0.2) is 9.84 Å². The Morgan fingerprint density at radius 2 is 2.00 bits per heavy atom. The van der Waals surface area contributed by atoms with Gasteiger partial charge in [0, 0.05) is 19.3 Å². The van der Waals surface area contributed by atoms with Crippen molar-refractivity contribution in [3.05, 3.63) is 28.8 Å². The van der Waals surface area contributed by atoms with Crippen LogP contribution in [0.5, 0.6) is 0 Å². The summed E-state index contributed by atoms with van der Waals surface area (Å²) < 4.78 is 28.7. The molecule has 0 aromatic heterocycles. The topological polar surface area (TPSA) is 102 Å². The minimum absolute atomic E-state index is 0.0527. The van der Waals surface area contributed by atoms with E-state index in [4.69, 9.17) is 16.3 Å². The molecule has 0 spiro atoms. The summed E-state index contributed by atoms with van der Waals surface area (Å²) in [5.74, 6) is -1.05. The summed E-state index contributed by atoms with van der Waals surface area (Å²) >= 11 is 6.08. The number of carbonyl (C=O) groups is 2. The van der Waals surface area contributed by atoms with E-state index in [1.807, 2.05) is 0 Å². The van der Waals surface area contributed by atoms with Crippen LogP contribution < -0.4 is 10.6 Å². The number of rotatable bonds is 9. The SMILES string of the molecule is CCCS(=O)(=O)C(C)C(=O)Nc1ccc(C(=O)NCCOC)c(Cl)c1. The summed E-state index contributed by atoms with van der Waals surface area (Å²) in [7, 11) is -1.97. The van der Waals surface area contributed by atoms with Crippen molar-refractivity contribution in [1.82, 2.24) is 5.32 Å². The Morgan fingerprint density at radius 3 is 2.56 bits per heavy atom. The van der Waals surface area contributed by atoms with E-state index in [9.17, 15) is 18.0 Å². The Labute approximate surface area is 153 Å². The maximum absolute atomic E-state index is 12.1. The van der Waals surface area contributed by atoms with Crippen molar-refractivity contribution in [3.63, 3.8) is 0 Å². The van der Waals surface area contributed by atoms with Crippen molar-refractivity contribution < 1.29 is 22.7 Å². The molecule has 1 aromatic rings. The molecule has 2 N–H and O–H groups in total. The summed E-state index contributed by atoms with van der Waals surface area (Å²) in [5.41, 5.74) is 0.574. The largest absolute Gasteiger partial charge is 0.383 e. The normalized spacial score (nSPS) is 12.5. The number of sulfone groups is 1. The number of anilines is 1. The molecule has 2 amide bonds. The Morgan fingerprint density at radius 1 is 1.32 bits per heavy atom. The molecule has 0 heterocycles. The van der Waals surface area contributed by atoms with E-state index in [1.165, 1.54) is 32.2 Å². The second-order valence-corrected chi connectivity index (χ2v) is 8.29. The first kappa shape index (κ1) is 21.4. The fourth-order valence-electron chi connectivity index (χ4n) is 2.01. The van der Waals surface area contributed by atoms with Crippen LogP contribution in [0.15, 0.2) is 18.2 Å². The number of nitrogens with one attached hydrogen (secondary N) is 2. The maximum atomic E-state index is 12.1. The fourth-order valence-corrected chi connectivity index (χ4v) is 3.58. The molecule has 9 heteroatoms. The van der Waals surface area contributed by atoms with Crippen LogP contribution in [-0.4, -0.2) is 51.5 Å². The van der Waals surface area contributed by atoms with Gasteiger partial charge in [-0.05, 0) is 31.5 Å². The Hall–Kier alpha value is -1.64.